The highest BCUT2D eigenvalue weighted by Crippen LogP contribution is 2.29. The van der Waals surface area contributed by atoms with Crippen molar-refractivity contribution in [2.45, 2.75) is 31.3 Å². The molecule has 0 radical (unpaired) electrons. The summed E-state index contributed by atoms with van der Waals surface area (Å²) in [5, 5.41) is 7.58. The van der Waals surface area contributed by atoms with Crippen molar-refractivity contribution in [1.82, 2.24) is 25.8 Å². The number of hydrogen-bond donors (Lipinski definition) is 3. The number of hydrogen-bond acceptors (Lipinski definition) is 6. The van der Waals surface area contributed by atoms with E-state index in [4.69, 9.17) is 4.74 Å². The summed E-state index contributed by atoms with van der Waals surface area (Å²) in [4.78, 5) is 64.3. The van der Waals surface area contributed by atoms with Crippen LogP contribution in [0.25, 0.3) is 0 Å². The maximum Gasteiger partial charge on any atom is 0.325 e. The molecule has 0 bridgehead atoms. The van der Waals surface area contributed by atoms with Gasteiger partial charge in [-0.25, -0.2) is 4.79 Å². The van der Waals surface area contributed by atoms with E-state index >= 15 is 0 Å². The molecule has 3 rings (SSSR count). The predicted octanol–water partition coefficient (Wildman–Crippen LogP) is -0.685. The fourth-order valence-corrected chi connectivity index (χ4v) is 3.94. The van der Waals surface area contributed by atoms with Gasteiger partial charge in [0.2, 0.25) is 17.7 Å². The van der Waals surface area contributed by atoms with Crippen LogP contribution in [0.1, 0.15) is 25.3 Å². The number of imide groups is 1. The monoisotopic (exact) mass is 445 g/mol. The Kier molecular flexibility index (Phi) is 6.66. The van der Waals surface area contributed by atoms with Crippen LogP contribution in [-0.2, 0) is 24.7 Å². The number of urea groups is 1. The second-order valence-electron chi connectivity index (χ2n) is 7.81. The number of likely N-dealkylation sites (N-methyl/N-ethyl adjacent to an activating group) is 1. The van der Waals surface area contributed by atoms with Gasteiger partial charge in [0, 0.05) is 13.6 Å². The summed E-state index contributed by atoms with van der Waals surface area (Å²) in [6.07, 6.45) is 1.26. The lowest BCUT2D eigenvalue weighted by Crippen LogP contribution is -2.49. The predicted molar refractivity (Wildman–Crippen MR) is 112 cm³/mol. The van der Waals surface area contributed by atoms with E-state index in [0.29, 0.717) is 30.7 Å². The van der Waals surface area contributed by atoms with Crippen molar-refractivity contribution in [1.29, 1.82) is 0 Å². The minimum Gasteiger partial charge on any atom is -0.497 e. The van der Waals surface area contributed by atoms with Crippen LogP contribution in [0.3, 0.4) is 0 Å². The number of methoxy groups -OCH3 is 1. The number of nitrogens with one attached hydrogen (secondary N) is 3. The van der Waals surface area contributed by atoms with Crippen molar-refractivity contribution >= 4 is 29.7 Å². The lowest BCUT2D eigenvalue weighted by Gasteiger charge is -2.24. The van der Waals surface area contributed by atoms with Gasteiger partial charge in [0.05, 0.1) is 13.7 Å². The quantitative estimate of drug-likeness (QED) is 0.476. The van der Waals surface area contributed by atoms with E-state index in [-0.39, 0.29) is 12.5 Å². The fourth-order valence-electron chi connectivity index (χ4n) is 3.94. The van der Waals surface area contributed by atoms with E-state index in [0.717, 1.165) is 4.90 Å². The Labute approximate surface area is 185 Å². The lowest BCUT2D eigenvalue weighted by atomic mass is 9.92. The van der Waals surface area contributed by atoms with E-state index in [9.17, 15) is 24.0 Å². The first-order chi connectivity index (χ1) is 15.2. The van der Waals surface area contributed by atoms with Crippen molar-refractivity contribution in [2.75, 3.05) is 33.8 Å². The van der Waals surface area contributed by atoms with E-state index in [1.807, 2.05) is 0 Å². The van der Waals surface area contributed by atoms with E-state index in [1.54, 1.807) is 31.2 Å². The molecule has 1 aromatic rings. The Morgan fingerprint density at radius 3 is 2.53 bits per heavy atom. The molecular weight excluding hydrogens is 418 g/mol. The zero-order valence-corrected chi connectivity index (χ0v) is 18.3. The molecule has 11 heteroatoms. The summed E-state index contributed by atoms with van der Waals surface area (Å²) < 4.78 is 5.11. The number of carbonyl (C=O) groups is 5. The maximum atomic E-state index is 12.9. The standard InChI is InChI=1S/C21H27N5O6/c1-21(13-6-8-14(32-3)9-7-13)19(30)26(20(31)24-21)12-16(27)23-11-17(28)25-10-4-5-15(25)18(29)22-2/h6-9,15H,4-5,10-12H2,1-3H3,(H,22,29)(H,23,27)(H,24,31). The smallest absolute Gasteiger partial charge is 0.325 e. The second-order valence-corrected chi connectivity index (χ2v) is 7.81. The van der Waals surface area contributed by atoms with Gasteiger partial charge in [0.1, 0.15) is 23.9 Å². The SMILES string of the molecule is CNC(=O)C1CCCN1C(=O)CNC(=O)CN1C(=O)NC(C)(c2ccc(OC)cc2)C1=O. The molecule has 6 amide bonds. The third-order valence-electron chi connectivity index (χ3n) is 5.80. The molecule has 2 aliphatic heterocycles. The highest BCUT2D eigenvalue weighted by atomic mass is 16.5. The van der Waals surface area contributed by atoms with Crippen LogP contribution in [-0.4, -0.2) is 79.3 Å². The van der Waals surface area contributed by atoms with Crippen LogP contribution in [0.5, 0.6) is 5.75 Å². The first kappa shape index (κ1) is 23.0. The first-order valence-corrected chi connectivity index (χ1v) is 10.3. The van der Waals surface area contributed by atoms with Crippen molar-refractivity contribution < 1.29 is 28.7 Å². The summed E-state index contributed by atoms with van der Waals surface area (Å²) in [5.41, 5.74) is -0.778. The maximum absolute atomic E-state index is 12.9. The largest absolute Gasteiger partial charge is 0.497 e. The summed E-state index contributed by atoms with van der Waals surface area (Å²) >= 11 is 0. The molecule has 32 heavy (non-hydrogen) atoms. The van der Waals surface area contributed by atoms with Crippen molar-refractivity contribution in [3.05, 3.63) is 29.8 Å². The van der Waals surface area contributed by atoms with Crippen LogP contribution in [0, 0.1) is 0 Å². The Hall–Kier alpha value is -3.63. The molecule has 0 aliphatic carbocycles. The van der Waals surface area contributed by atoms with Crippen LogP contribution in [0.4, 0.5) is 4.79 Å². The van der Waals surface area contributed by atoms with E-state index in [2.05, 4.69) is 16.0 Å². The van der Waals surface area contributed by atoms with Crippen LogP contribution < -0.4 is 20.7 Å². The Bertz CT molecular complexity index is 933. The van der Waals surface area contributed by atoms with Crippen LogP contribution in [0.2, 0.25) is 0 Å². The van der Waals surface area contributed by atoms with Gasteiger partial charge in [-0.1, -0.05) is 12.1 Å². The van der Waals surface area contributed by atoms with Crippen molar-refractivity contribution in [2.24, 2.45) is 0 Å². The Morgan fingerprint density at radius 2 is 1.91 bits per heavy atom. The minimum absolute atomic E-state index is 0.251. The van der Waals surface area contributed by atoms with Gasteiger partial charge in [-0.15, -0.1) is 0 Å². The summed E-state index contributed by atoms with van der Waals surface area (Å²) in [5.74, 6) is -1.28. The van der Waals surface area contributed by atoms with Crippen LogP contribution >= 0.6 is 0 Å². The third kappa shape index (κ3) is 4.36. The molecule has 2 aliphatic rings. The third-order valence-corrected chi connectivity index (χ3v) is 5.80. The van der Waals surface area contributed by atoms with Gasteiger partial charge in [-0.2, -0.15) is 0 Å². The molecule has 2 heterocycles. The summed E-state index contributed by atoms with van der Waals surface area (Å²) in [7, 11) is 3.02. The average molecular weight is 445 g/mol. The molecular formula is C21H27N5O6. The highest BCUT2D eigenvalue weighted by molar-refractivity contribution is 6.09. The molecule has 11 nitrogen and oxygen atoms in total. The normalized spacial score (nSPS) is 22.5. The molecule has 2 fully saturated rings. The van der Waals surface area contributed by atoms with Gasteiger partial charge in [0.25, 0.3) is 5.91 Å². The molecule has 172 valence electrons. The van der Waals surface area contributed by atoms with Crippen molar-refractivity contribution in [3.8, 4) is 5.75 Å². The number of ether oxygens (including phenoxy) is 1. The van der Waals surface area contributed by atoms with E-state index < -0.39 is 41.9 Å². The van der Waals surface area contributed by atoms with Crippen LogP contribution in [0.15, 0.2) is 24.3 Å². The van der Waals surface area contributed by atoms with E-state index in [1.165, 1.54) is 19.1 Å². The zero-order valence-electron chi connectivity index (χ0n) is 18.3. The van der Waals surface area contributed by atoms with Gasteiger partial charge in [-0.05, 0) is 37.5 Å². The molecule has 3 N–H and O–H groups in total. The molecule has 2 atom stereocenters. The number of benzene rings is 1. The van der Waals surface area contributed by atoms with Gasteiger partial charge < -0.3 is 25.6 Å². The number of amides is 6. The summed E-state index contributed by atoms with van der Waals surface area (Å²) in [6.45, 7) is 1.14. The molecule has 0 saturated carbocycles. The minimum atomic E-state index is -1.32. The zero-order chi connectivity index (χ0) is 23.5. The summed E-state index contributed by atoms with van der Waals surface area (Å²) in [6, 6.07) is 5.42. The second kappa shape index (κ2) is 9.25. The van der Waals surface area contributed by atoms with Gasteiger partial charge in [-0.3, -0.25) is 24.1 Å². The van der Waals surface area contributed by atoms with Crippen molar-refractivity contribution in [3.63, 3.8) is 0 Å². The number of nitrogens with zero attached hydrogens (tertiary/aromatic N) is 2. The average Bonchev–Trinajstić information content (AvgIpc) is 3.37. The number of likely N-dealkylation sites (tertiary alicyclic amines) is 1. The molecule has 2 saturated heterocycles. The molecule has 0 aromatic heterocycles. The number of carbonyl (C=O) groups excluding carboxylic acids is 5. The van der Waals surface area contributed by atoms with Gasteiger partial charge >= 0.3 is 6.03 Å². The lowest BCUT2D eigenvalue weighted by molar-refractivity contribution is -0.139. The Balaban J connectivity index is 1.59. The first-order valence-electron chi connectivity index (χ1n) is 10.3. The Morgan fingerprint density at radius 1 is 1.22 bits per heavy atom. The number of rotatable bonds is 7. The molecule has 0 spiro atoms. The topological polar surface area (TPSA) is 137 Å². The molecule has 2 unspecified atom stereocenters. The fraction of sp³-hybridized carbons (Fsp3) is 0.476. The molecule has 1 aromatic carbocycles. The van der Waals surface area contributed by atoms with Gasteiger partial charge in [0.15, 0.2) is 0 Å². The highest BCUT2D eigenvalue weighted by Gasteiger charge is 2.49.